The Morgan fingerprint density at radius 3 is 2.76 bits per heavy atom. The predicted octanol–water partition coefficient (Wildman–Crippen LogP) is 3.20. The van der Waals surface area contributed by atoms with Crippen LogP contribution in [0.5, 0.6) is 0 Å². The summed E-state index contributed by atoms with van der Waals surface area (Å²) in [5, 5.41) is 12.2. The van der Waals surface area contributed by atoms with Crippen LogP contribution in [0.25, 0.3) is 0 Å². The first kappa shape index (κ1) is 17.0. The molecule has 1 unspecified atom stereocenters. The van der Waals surface area contributed by atoms with Crippen molar-refractivity contribution in [3.8, 4) is 6.07 Å². The zero-order chi connectivity index (χ0) is 17.6. The molecule has 1 saturated heterocycles. The highest BCUT2D eigenvalue weighted by molar-refractivity contribution is 5.78. The van der Waals surface area contributed by atoms with E-state index < -0.39 is 5.82 Å². The van der Waals surface area contributed by atoms with Gasteiger partial charge in [0.2, 0.25) is 5.91 Å². The van der Waals surface area contributed by atoms with Gasteiger partial charge in [-0.3, -0.25) is 4.79 Å². The van der Waals surface area contributed by atoms with E-state index in [2.05, 4.69) is 17.4 Å². The predicted molar refractivity (Wildman–Crippen MR) is 94.4 cm³/mol. The highest BCUT2D eigenvalue weighted by Crippen LogP contribution is 2.22. The van der Waals surface area contributed by atoms with Crippen molar-refractivity contribution < 1.29 is 9.18 Å². The Hall–Kier alpha value is -2.87. The van der Waals surface area contributed by atoms with Gasteiger partial charge in [0, 0.05) is 32.0 Å². The molecule has 1 heterocycles. The third-order valence-electron chi connectivity index (χ3n) is 4.51. The molecular formula is C20H20FN3O. The number of hydrogen-bond acceptors (Lipinski definition) is 3. The van der Waals surface area contributed by atoms with E-state index in [-0.39, 0.29) is 17.4 Å². The summed E-state index contributed by atoms with van der Waals surface area (Å²) in [6.07, 6.45) is 1.33. The van der Waals surface area contributed by atoms with E-state index in [9.17, 15) is 9.18 Å². The number of anilines is 1. The van der Waals surface area contributed by atoms with Gasteiger partial charge in [0.05, 0.1) is 5.69 Å². The normalized spacial score (nSPS) is 16.7. The van der Waals surface area contributed by atoms with E-state index in [0.29, 0.717) is 31.7 Å². The van der Waals surface area contributed by atoms with Crippen LogP contribution < -0.4 is 5.32 Å². The fourth-order valence-corrected chi connectivity index (χ4v) is 3.15. The van der Waals surface area contributed by atoms with Crippen LogP contribution in [0.3, 0.4) is 0 Å². The largest absolute Gasteiger partial charge is 0.384 e. The maximum atomic E-state index is 13.6. The first-order chi connectivity index (χ1) is 12.2. The molecule has 5 heteroatoms. The molecule has 128 valence electrons. The second kappa shape index (κ2) is 7.80. The van der Waals surface area contributed by atoms with Crippen LogP contribution in [0.4, 0.5) is 10.1 Å². The number of nitrogens with zero attached hydrogens (tertiary/aromatic N) is 2. The molecule has 1 N–H and O–H groups in total. The van der Waals surface area contributed by atoms with Gasteiger partial charge >= 0.3 is 0 Å². The van der Waals surface area contributed by atoms with Gasteiger partial charge in [-0.25, -0.2) is 4.39 Å². The van der Waals surface area contributed by atoms with Gasteiger partial charge in [0.1, 0.15) is 17.4 Å². The quantitative estimate of drug-likeness (QED) is 0.881. The van der Waals surface area contributed by atoms with Gasteiger partial charge in [-0.05, 0) is 24.1 Å². The molecule has 0 aromatic heterocycles. The number of nitrogens with one attached hydrogen (secondary N) is 1. The van der Waals surface area contributed by atoms with Gasteiger partial charge in [-0.2, -0.15) is 5.26 Å². The molecule has 0 spiro atoms. The lowest BCUT2D eigenvalue weighted by atomic mass is 10.1. The van der Waals surface area contributed by atoms with Gasteiger partial charge < -0.3 is 10.2 Å². The summed E-state index contributed by atoms with van der Waals surface area (Å²) in [6, 6.07) is 16.5. The van der Waals surface area contributed by atoms with Crippen molar-refractivity contribution >= 4 is 11.6 Å². The summed E-state index contributed by atoms with van der Waals surface area (Å²) in [7, 11) is 0. The Kier molecular flexibility index (Phi) is 5.30. The van der Waals surface area contributed by atoms with Gasteiger partial charge in [0.15, 0.2) is 0 Å². The number of rotatable bonds is 6. The molecule has 0 bridgehead atoms. The van der Waals surface area contributed by atoms with Crippen molar-refractivity contribution in [2.75, 3.05) is 25.0 Å². The number of carbonyl (C=O) groups excluding carboxylic acids is 1. The molecule has 0 aliphatic carbocycles. The molecule has 1 amide bonds. The molecule has 1 aliphatic rings. The zero-order valence-corrected chi connectivity index (χ0v) is 13.9. The third kappa shape index (κ3) is 4.16. The Morgan fingerprint density at radius 2 is 2.00 bits per heavy atom. The average molecular weight is 337 g/mol. The molecule has 0 radical (unpaired) electrons. The number of nitriles is 1. The minimum absolute atomic E-state index is 0.0211. The number of amides is 1. The molecule has 4 nitrogen and oxygen atoms in total. The smallest absolute Gasteiger partial charge is 0.223 e. The fourth-order valence-electron chi connectivity index (χ4n) is 3.15. The van der Waals surface area contributed by atoms with E-state index in [4.69, 9.17) is 5.26 Å². The molecule has 3 rings (SSSR count). The Morgan fingerprint density at radius 1 is 1.20 bits per heavy atom. The van der Waals surface area contributed by atoms with Crippen molar-refractivity contribution in [2.45, 2.75) is 12.8 Å². The Labute approximate surface area is 146 Å². The first-order valence-corrected chi connectivity index (χ1v) is 8.41. The van der Waals surface area contributed by atoms with E-state index in [1.54, 1.807) is 12.1 Å². The summed E-state index contributed by atoms with van der Waals surface area (Å²) in [5.74, 6) is -0.208. The van der Waals surface area contributed by atoms with Crippen molar-refractivity contribution in [1.82, 2.24) is 4.90 Å². The van der Waals surface area contributed by atoms with E-state index >= 15 is 0 Å². The maximum Gasteiger partial charge on any atom is 0.223 e. The summed E-state index contributed by atoms with van der Waals surface area (Å²) in [6.45, 7) is 1.95. The first-order valence-electron chi connectivity index (χ1n) is 8.41. The third-order valence-corrected chi connectivity index (χ3v) is 4.51. The van der Waals surface area contributed by atoms with Crippen molar-refractivity contribution in [3.05, 3.63) is 65.5 Å². The second-order valence-corrected chi connectivity index (χ2v) is 6.30. The van der Waals surface area contributed by atoms with Crippen LogP contribution in [0.15, 0.2) is 48.5 Å². The fraction of sp³-hybridized carbons (Fsp3) is 0.300. The molecule has 2 aromatic carbocycles. The summed E-state index contributed by atoms with van der Waals surface area (Å²) < 4.78 is 13.6. The van der Waals surface area contributed by atoms with Crippen LogP contribution in [0.1, 0.15) is 17.5 Å². The standard InChI is InChI=1S/C20H20FN3O/c21-18-7-4-8-19(17(18)12-22)23-13-16-11-20(25)24(14-16)10-9-15-5-2-1-3-6-15/h1-8,16,23H,9-11,13-14H2. The molecule has 25 heavy (non-hydrogen) atoms. The lowest BCUT2D eigenvalue weighted by Crippen LogP contribution is -2.28. The number of carbonyl (C=O) groups is 1. The van der Waals surface area contributed by atoms with Crippen LogP contribution in [-0.2, 0) is 11.2 Å². The van der Waals surface area contributed by atoms with Crippen LogP contribution in [-0.4, -0.2) is 30.4 Å². The molecular weight excluding hydrogens is 317 g/mol. The second-order valence-electron chi connectivity index (χ2n) is 6.30. The lowest BCUT2D eigenvalue weighted by Gasteiger charge is -2.17. The number of halogens is 1. The number of benzene rings is 2. The monoisotopic (exact) mass is 337 g/mol. The van der Waals surface area contributed by atoms with Crippen LogP contribution in [0.2, 0.25) is 0 Å². The molecule has 1 fully saturated rings. The van der Waals surface area contributed by atoms with Crippen molar-refractivity contribution in [1.29, 1.82) is 5.26 Å². The lowest BCUT2D eigenvalue weighted by molar-refractivity contribution is -0.127. The van der Waals surface area contributed by atoms with Crippen molar-refractivity contribution in [2.24, 2.45) is 5.92 Å². The maximum absolute atomic E-state index is 13.6. The molecule has 1 aliphatic heterocycles. The molecule has 0 saturated carbocycles. The SMILES string of the molecule is N#Cc1c(F)cccc1NCC1CC(=O)N(CCc2ccccc2)C1. The van der Waals surface area contributed by atoms with Gasteiger partial charge in [0.25, 0.3) is 0 Å². The van der Waals surface area contributed by atoms with E-state index in [0.717, 1.165) is 6.42 Å². The summed E-state index contributed by atoms with van der Waals surface area (Å²) in [4.78, 5) is 14.1. The van der Waals surface area contributed by atoms with Crippen LogP contribution in [0, 0.1) is 23.1 Å². The Balaban J connectivity index is 1.53. The molecule has 2 aromatic rings. The highest BCUT2D eigenvalue weighted by atomic mass is 19.1. The minimum Gasteiger partial charge on any atom is -0.384 e. The number of hydrogen-bond donors (Lipinski definition) is 1. The highest BCUT2D eigenvalue weighted by Gasteiger charge is 2.29. The van der Waals surface area contributed by atoms with Crippen LogP contribution >= 0.6 is 0 Å². The Bertz CT molecular complexity index is 785. The topological polar surface area (TPSA) is 56.1 Å². The summed E-state index contributed by atoms with van der Waals surface area (Å²) in [5.41, 5.74) is 1.72. The van der Waals surface area contributed by atoms with Gasteiger partial charge in [-0.1, -0.05) is 36.4 Å². The minimum atomic E-state index is -0.528. The zero-order valence-electron chi connectivity index (χ0n) is 13.9. The van der Waals surface area contributed by atoms with E-state index in [1.807, 2.05) is 29.2 Å². The van der Waals surface area contributed by atoms with E-state index in [1.165, 1.54) is 11.6 Å². The summed E-state index contributed by atoms with van der Waals surface area (Å²) >= 11 is 0. The average Bonchev–Trinajstić information content (AvgIpc) is 2.99. The van der Waals surface area contributed by atoms with Gasteiger partial charge in [-0.15, -0.1) is 0 Å². The molecule has 1 atom stereocenters. The number of likely N-dealkylation sites (tertiary alicyclic amines) is 1. The van der Waals surface area contributed by atoms with Crippen molar-refractivity contribution in [3.63, 3.8) is 0 Å².